The average Bonchev–Trinajstić information content (AvgIpc) is 2.61. The molecule has 0 aliphatic rings. The smallest absolute Gasteiger partial charge is 0.255 e. The number of carbonyl (C=O) groups is 2. The first-order valence-electron chi connectivity index (χ1n) is 8.17. The number of carbonyl (C=O) groups excluding carboxylic acids is 2. The first-order valence-corrected chi connectivity index (χ1v) is 8.96. The minimum atomic E-state index is -0.228. The third-order valence-corrected chi connectivity index (χ3v) is 4.02. The molecule has 2 aromatic rings. The maximum absolute atomic E-state index is 12.4. The molecule has 0 aliphatic carbocycles. The van der Waals surface area contributed by atoms with Crippen molar-refractivity contribution in [3.63, 3.8) is 0 Å². The normalized spacial score (nSPS) is 10.2. The van der Waals surface area contributed by atoms with Gasteiger partial charge in [-0.15, -0.1) is 0 Å². The molecule has 0 bridgehead atoms. The number of hydrogen-bond acceptors (Lipinski definition) is 3. The third kappa shape index (κ3) is 5.32. The fourth-order valence-corrected chi connectivity index (χ4v) is 2.64. The van der Waals surface area contributed by atoms with Gasteiger partial charge in [0, 0.05) is 23.4 Å². The topological polar surface area (TPSA) is 67.4 Å². The fourth-order valence-electron chi connectivity index (χ4n) is 2.14. The van der Waals surface area contributed by atoms with Crippen molar-refractivity contribution in [2.75, 3.05) is 18.5 Å². The van der Waals surface area contributed by atoms with Gasteiger partial charge in [0.05, 0.1) is 11.1 Å². The van der Waals surface area contributed by atoms with E-state index in [0.29, 0.717) is 35.7 Å². The zero-order chi connectivity index (χ0) is 18.2. The highest BCUT2D eigenvalue weighted by atomic mass is 79.9. The maximum atomic E-state index is 12.4. The molecule has 0 unspecified atom stereocenters. The highest BCUT2D eigenvalue weighted by Crippen LogP contribution is 2.26. The number of ether oxygens (including phenoxy) is 1. The van der Waals surface area contributed by atoms with Crippen LogP contribution in [0.3, 0.4) is 0 Å². The summed E-state index contributed by atoms with van der Waals surface area (Å²) in [4.78, 5) is 24.1. The van der Waals surface area contributed by atoms with Crippen molar-refractivity contribution >= 4 is 33.4 Å². The van der Waals surface area contributed by atoms with Crippen LogP contribution >= 0.6 is 15.9 Å². The van der Waals surface area contributed by atoms with Gasteiger partial charge in [-0.2, -0.15) is 0 Å². The standard InChI is InChI=1S/C19H21BrN2O3/c1-3-11-25-17-10-7-14(12-16(17)20)19(24)22-15-8-5-13(6-9-15)18(23)21-4-2/h5-10,12H,3-4,11H2,1-2H3,(H,21,23)(H,22,24). The molecule has 0 spiro atoms. The van der Waals surface area contributed by atoms with Crippen LogP contribution in [0.5, 0.6) is 5.75 Å². The molecule has 0 saturated carbocycles. The summed E-state index contributed by atoms with van der Waals surface area (Å²) < 4.78 is 6.31. The zero-order valence-corrected chi connectivity index (χ0v) is 15.9. The van der Waals surface area contributed by atoms with E-state index in [0.717, 1.165) is 10.9 Å². The average molecular weight is 405 g/mol. The van der Waals surface area contributed by atoms with Gasteiger partial charge in [-0.1, -0.05) is 6.92 Å². The molecule has 2 amide bonds. The van der Waals surface area contributed by atoms with E-state index in [1.165, 1.54) is 0 Å². The lowest BCUT2D eigenvalue weighted by Gasteiger charge is -2.10. The molecule has 2 aromatic carbocycles. The second-order valence-corrected chi connectivity index (χ2v) is 6.24. The quantitative estimate of drug-likeness (QED) is 0.724. The predicted molar refractivity (Wildman–Crippen MR) is 102 cm³/mol. The molecule has 25 heavy (non-hydrogen) atoms. The molecule has 0 heterocycles. The van der Waals surface area contributed by atoms with Crippen molar-refractivity contribution in [3.05, 3.63) is 58.1 Å². The number of rotatable bonds is 7. The van der Waals surface area contributed by atoms with E-state index in [4.69, 9.17) is 4.74 Å². The van der Waals surface area contributed by atoms with E-state index in [9.17, 15) is 9.59 Å². The van der Waals surface area contributed by atoms with Crippen molar-refractivity contribution in [1.29, 1.82) is 0 Å². The van der Waals surface area contributed by atoms with E-state index in [1.807, 2.05) is 13.8 Å². The van der Waals surface area contributed by atoms with Crippen molar-refractivity contribution in [3.8, 4) is 5.75 Å². The van der Waals surface area contributed by atoms with Gasteiger partial charge in [-0.05, 0) is 71.7 Å². The largest absolute Gasteiger partial charge is 0.492 e. The fraction of sp³-hybridized carbons (Fsp3) is 0.263. The molecule has 5 nitrogen and oxygen atoms in total. The van der Waals surface area contributed by atoms with E-state index in [1.54, 1.807) is 42.5 Å². The van der Waals surface area contributed by atoms with Crippen molar-refractivity contribution in [2.45, 2.75) is 20.3 Å². The van der Waals surface area contributed by atoms with Gasteiger partial charge in [0.15, 0.2) is 0 Å². The summed E-state index contributed by atoms with van der Waals surface area (Å²) in [6.45, 7) is 5.10. The van der Waals surface area contributed by atoms with Gasteiger partial charge in [0.1, 0.15) is 5.75 Å². The van der Waals surface area contributed by atoms with Crippen LogP contribution in [-0.4, -0.2) is 25.0 Å². The number of benzene rings is 2. The Morgan fingerprint density at radius 3 is 2.28 bits per heavy atom. The first kappa shape index (κ1) is 19.0. The molecule has 0 aromatic heterocycles. The second-order valence-electron chi connectivity index (χ2n) is 5.38. The van der Waals surface area contributed by atoms with Crippen molar-refractivity contribution in [1.82, 2.24) is 5.32 Å². The Labute approximate surface area is 155 Å². The lowest BCUT2D eigenvalue weighted by molar-refractivity contribution is 0.0955. The Morgan fingerprint density at radius 1 is 1.00 bits per heavy atom. The lowest BCUT2D eigenvalue weighted by atomic mass is 10.1. The first-order chi connectivity index (χ1) is 12.0. The van der Waals surface area contributed by atoms with Gasteiger partial charge in [-0.3, -0.25) is 9.59 Å². The van der Waals surface area contributed by atoms with Gasteiger partial charge in [0.25, 0.3) is 11.8 Å². The zero-order valence-electron chi connectivity index (χ0n) is 14.3. The van der Waals surface area contributed by atoms with E-state index < -0.39 is 0 Å². The second kappa shape index (κ2) is 9.22. The number of nitrogens with one attached hydrogen (secondary N) is 2. The molecule has 6 heteroatoms. The molecule has 0 fully saturated rings. The van der Waals surface area contributed by atoms with Gasteiger partial charge in [-0.25, -0.2) is 0 Å². The Kier molecular flexibility index (Phi) is 7.01. The summed E-state index contributed by atoms with van der Waals surface area (Å²) in [5.41, 5.74) is 1.70. The minimum absolute atomic E-state index is 0.132. The Balaban J connectivity index is 2.04. The molecular formula is C19H21BrN2O3. The number of hydrogen-bond donors (Lipinski definition) is 2. The molecule has 2 N–H and O–H groups in total. The van der Waals surface area contributed by atoms with E-state index >= 15 is 0 Å². The summed E-state index contributed by atoms with van der Waals surface area (Å²) in [6, 6.07) is 12.0. The highest BCUT2D eigenvalue weighted by Gasteiger charge is 2.10. The molecule has 132 valence electrons. The summed E-state index contributed by atoms with van der Waals surface area (Å²) in [6.07, 6.45) is 0.918. The SMILES string of the molecule is CCCOc1ccc(C(=O)Nc2ccc(C(=O)NCC)cc2)cc1Br. The van der Waals surface area contributed by atoms with Crippen molar-refractivity contribution < 1.29 is 14.3 Å². The monoisotopic (exact) mass is 404 g/mol. The molecule has 0 radical (unpaired) electrons. The number of halogens is 1. The third-order valence-electron chi connectivity index (χ3n) is 3.40. The Bertz CT molecular complexity index is 745. The van der Waals surface area contributed by atoms with Crippen molar-refractivity contribution in [2.24, 2.45) is 0 Å². The van der Waals surface area contributed by atoms with Crippen LogP contribution in [0.4, 0.5) is 5.69 Å². The number of anilines is 1. The maximum Gasteiger partial charge on any atom is 0.255 e. The summed E-state index contributed by atoms with van der Waals surface area (Å²) in [5, 5.41) is 5.54. The van der Waals surface area contributed by atoms with Crippen LogP contribution in [0.25, 0.3) is 0 Å². The van der Waals surface area contributed by atoms with Gasteiger partial charge in [0.2, 0.25) is 0 Å². The van der Waals surface area contributed by atoms with Crippen LogP contribution in [0.2, 0.25) is 0 Å². The van der Waals surface area contributed by atoms with E-state index in [2.05, 4.69) is 26.6 Å². The van der Waals surface area contributed by atoms with Crippen LogP contribution in [0.15, 0.2) is 46.9 Å². The predicted octanol–water partition coefficient (Wildman–Crippen LogP) is 4.24. The Hall–Kier alpha value is -2.34. The number of amides is 2. The summed E-state index contributed by atoms with van der Waals surface area (Å²) in [5.74, 6) is 0.352. The highest BCUT2D eigenvalue weighted by molar-refractivity contribution is 9.10. The molecule has 0 aliphatic heterocycles. The Morgan fingerprint density at radius 2 is 1.68 bits per heavy atom. The van der Waals surface area contributed by atoms with Gasteiger partial charge < -0.3 is 15.4 Å². The van der Waals surface area contributed by atoms with Crippen LogP contribution in [-0.2, 0) is 0 Å². The van der Waals surface area contributed by atoms with Crippen LogP contribution in [0, 0.1) is 0 Å². The van der Waals surface area contributed by atoms with E-state index in [-0.39, 0.29) is 11.8 Å². The minimum Gasteiger partial charge on any atom is -0.492 e. The summed E-state index contributed by atoms with van der Waals surface area (Å²) in [7, 11) is 0. The van der Waals surface area contributed by atoms with Crippen LogP contribution < -0.4 is 15.4 Å². The lowest BCUT2D eigenvalue weighted by Crippen LogP contribution is -2.22. The molecule has 2 rings (SSSR count). The van der Waals surface area contributed by atoms with Crippen LogP contribution in [0.1, 0.15) is 41.0 Å². The summed E-state index contributed by atoms with van der Waals surface area (Å²) >= 11 is 3.42. The molecular weight excluding hydrogens is 384 g/mol. The van der Waals surface area contributed by atoms with Gasteiger partial charge >= 0.3 is 0 Å². The molecule has 0 saturated heterocycles. The molecule has 0 atom stereocenters.